The molecule has 0 amide bonds. The molecule has 1 N–H and O–H groups in total. The van der Waals surface area contributed by atoms with E-state index in [2.05, 4.69) is 26.7 Å². The van der Waals surface area contributed by atoms with Gasteiger partial charge in [-0.25, -0.2) is 4.98 Å². The van der Waals surface area contributed by atoms with E-state index in [4.69, 9.17) is 14.5 Å². The summed E-state index contributed by atoms with van der Waals surface area (Å²) in [5.41, 5.74) is 1.09. The molecule has 2 rings (SSSR count). The number of hydrogen-bond donors (Lipinski definition) is 1. The van der Waals surface area contributed by atoms with E-state index in [1.807, 2.05) is 44.6 Å². The number of nitrogens with one attached hydrogen (secondary N) is 1. The standard InChI is InChI=1S/C21H33N5O2.HI/c1-6-22-21(24-11-7-8-13-26-14-12-23-17(26)2)25(3)16-18-9-10-19(27-4)15-20(18)28-5;/h9-10,12,14-15H,6-8,11,13,16H2,1-5H3,(H,22,24);1H. The van der Waals surface area contributed by atoms with E-state index < -0.39 is 0 Å². The second-order valence-electron chi connectivity index (χ2n) is 6.64. The van der Waals surface area contributed by atoms with E-state index in [1.165, 1.54) is 0 Å². The third-order valence-electron chi connectivity index (χ3n) is 4.59. The first-order valence-electron chi connectivity index (χ1n) is 9.77. The number of halogens is 1. The van der Waals surface area contributed by atoms with Crippen LogP contribution in [-0.2, 0) is 13.1 Å². The number of methoxy groups -OCH3 is 2. The van der Waals surface area contributed by atoms with Crippen molar-refractivity contribution in [2.75, 3.05) is 34.4 Å². The molecule has 0 spiro atoms. The number of aryl methyl sites for hydroxylation is 2. The van der Waals surface area contributed by atoms with Gasteiger partial charge in [-0.05, 0) is 38.8 Å². The molecule has 0 saturated heterocycles. The summed E-state index contributed by atoms with van der Waals surface area (Å²) in [6.45, 7) is 7.42. The number of ether oxygens (including phenoxy) is 2. The zero-order valence-electron chi connectivity index (χ0n) is 18.1. The lowest BCUT2D eigenvalue weighted by molar-refractivity contribution is 0.382. The Bertz CT molecular complexity index is 763. The van der Waals surface area contributed by atoms with Crippen molar-refractivity contribution < 1.29 is 9.47 Å². The maximum Gasteiger partial charge on any atom is 0.193 e. The van der Waals surface area contributed by atoms with Crippen LogP contribution in [0.15, 0.2) is 35.6 Å². The molecule has 8 heteroatoms. The average Bonchev–Trinajstić information content (AvgIpc) is 3.11. The molecule has 0 aliphatic heterocycles. The Kier molecular flexibility index (Phi) is 11.5. The maximum absolute atomic E-state index is 5.51. The molecule has 0 unspecified atom stereocenters. The van der Waals surface area contributed by atoms with Gasteiger partial charge in [0, 0.05) is 57.3 Å². The zero-order valence-corrected chi connectivity index (χ0v) is 20.5. The lowest BCUT2D eigenvalue weighted by Crippen LogP contribution is -2.38. The first kappa shape index (κ1) is 25.1. The predicted molar refractivity (Wildman–Crippen MR) is 129 cm³/mol. The van der Waals surface area contributed by atoms with Crippen LogP contribution in [0.2, 0.25) is 0 Å². The van der Waals surface area contributed by atoms with Crippen LogP contribution in [0.4, 0.5) is 0 Å². The van der Waals surface area contributed by atoms with Crippen molar-refractivity contribution in [3.8, 4) is 11.5 Å². The summed E-state index contributed by atoms with van der Waals surface area (Å²) in [6, 6.07) is 5.89. The Hall–Kier alpha value is -1.97. The van der Waals surface area contributed by atoms with Gasteiger partial charge in [0.2, 0.25) is 0 Å². The fourth-order valence-electron chi connectivity index (χ4n) is 3.00. The highest BCUT2D eigenvalue weighted by Gasteiger charge is 2.11. The number of imidazole rings is 1. The highest BCUT2D eigenvalue weighted by Crippen LogP contribution is 2.25. The predicted octanol–water partition coefficient (Wildman–Crippen LogP) is 3.70. The first-order valence-corrected chi connectivity index (χ1v) is 9.77. The fourth-order valence-corrected chi connectivity index (χ4v) is 3.00. The molecule has 1 heterocycles. The Balaban J connectivity index is 0.00000420. The molecule has 1 aromatic heterocycles. The number of aliphatic imine (C=N–C) groups is 1. The molecule has 2 aromatic rings. The molecular formula is C21H34IN5O2. The van der Waals surface area contributed by atoms with E-state index in [1.54, 1.807) is 14.2 Å². The van der Waals surface area contributed by atoms with Crippen LogP contribution in [0.1, 0.15) is 31.2 Å². The lowest BCUT2D eigenvalue weighted by Gasteiger charge is -2.23. The van der Waals surface area contributed by atoms with Crippen LogP contribution >= 0.6 is 24.0 Å². The van der Waals surface area contributed by atoms with Gasteiger partial charge in [-0.2, -0.15) is 0 Å². The third kappa shape index (κ3) is 7.75. The molecule has 0 bridgehead atoms. The van der Waals surface area contributed by atoms with Crippen LogP contribution in [-0.4, -0.2) is 54.8 Å². The minimum atomic E-state index is 0. The summed E-state index contributed by atoms with van der Waals surface area (Å²) in [6.07, 6.45) is 5.99. The van der Waals surface area contributed by atoms with Gasteiger partial charge in [0.05, 0.1) is 14.2 Å². The Morgan fingerprint density at radius 1 is 1.24 bits per heavy atom. The van der Waals surface area contributed by atoms with Crippen molar-refractivity contribution in [1.29, 1.82) is 0 Å². The normalized spacial score (nSPS) is 11.0. The number of benzene rings is 1. The number of aromatic nitrogens is 2. The molecule has 0 radical (unpaired) electrons. The molecule has 29 heavy (non-hydrogen) atoms. The summed E-state index contributed by atoms with van der Waals surface area (Å²) in [5, 5.41) is 3.37. The van der Waals surface area contributed by atoms with Gasteiger partial charge in [-0.1, -0.05) is 0 Å². The summed E-state index contributed by atoms with van der Waals surface area (Å²) >= 11 is 0. The molecule has 1 aromatic carbocycles. The zero-order chi connectivity index (χ0) is 20.4. The summed E-state index contributed by atoms with van der Waals surface area (Å²) in [5.74, 6) is 3.57. The fraction of sp³-hybridized carbons (Fsp3) is 0.524. The number of hydrogen-bond acceptors (Lipinski definition) is 4. The Labute approximate surface area is 191 Å². The smallest absolute Gasteiger partial charge is 0.193 e. The van der Waals surface area contributed by atoms with Crippen LogP contribution in [0, 0.1) is 6.92 Å². The van der Waals surface area contributed by atoms with E-state index in [-0.39, 0.29) is 24.0 Å². The molecule has 0 fully saturated rings. The average molecular weight is 515 g/mol. The van der Waals surface area contributed by atoms with Crippen LogP contribution in [0.25, 0.3) is 0 Å². The highest BCUT2D eigenvalue weighted by atomic mass is 127. The number of guanidine groups is 1. The Morgan fingerprint density at radius 3 is 2.66 bits per heavy atom. The molecule has 7 nitrogen and oxygen atoms in total. The molecule has 0 atom stereocenters. The topological polar surface area (TPSA) is 63.9 Å². The number of nitrogens with zero attached hydrogens (tertiary/aromatic N) is 4. The molecule has 162 valence electrons. The van der Waals surface area contributed by atoms with Crippen LogP contribution in [0.5, 0.6) is 11.5 Å². The molecule has 0 aliphatic rings. The summed E-state index contributed by atoms with van der Waals surface area (Å²) in [7, 11) is 5.38. The van der Waals surface area contributed by atoms with E-state index in [0.29, 0.717) is 6.54 Å². The minimum absolute atomic E-state index is 0. The van der Waals surface area contributed by atoms with Crippen molar-refractivity contribution in [2.24, 2.45) is 4.99 Å². The van der Waals surface area contributed by atoms with Crippen LogP contribution < -0.4 is 14.8 Å². The highest BCUT2D eigenvalue weighted by molar-refractivity contribution is 14.0. The summed E-state index contributed by atoms with van der Waals surface area (Å²) in [4.78, 5) is 11.2. The second kappa shape index (κ2) is 13.3. The maximum atomic E-state index is 5.51. The first-order chi connectivity index (χ1) is 13.6. The number of unbranched alkanes of at least 4 members (excludes halogenated alkanes) is 1. The van der Waals surface area contributed by atoms with Gasteiger partial charge >= 0.3 is 0 Å². The van der Waals surface area contributed by atoms with Gasteiger partial charge < -0.3 is 24.3 Å². The SMILES string of the molecule is CCNC(=NCCCCn1ccnc1C)N(C)Cc1ccc(OC)cc1OC.I. The van der Waals surface area contributed by atoms with Gasteiger partial charge in [0.15, 0.2) is 5.96 Å². The van der Waals surface area contributed by atoms with Gasteiger partial charge in [0.1, 0.15) is 17.3 Å². The molecular weight excluding hydrogens is 481 g/mol. The quantitative estimate of drug-likeness (QED) is 0.226. The number of rotatable bonds is 10. The van der Waals surface area contributed by atoms with Crippen molar-refractivity contribution in [2.45, 2.75) is 39.8 Å². The van der Waals surface area contributed by atoms with Crippen molar-refractivity contribution in [3.63, 3.8) is 0 Å². The van der Waals surface area contributed by atoms with Crippen molar-refractivity contribution in [3.05, 3.63) is 42.0 Å². The van der Waals surface area contributed by atoms with Crippen LogP contribution in [0.3, 0.4) is 0 Å². The molecule has 0 saturated carbocycles. The van der Waals surface area contributed by atoms with Crippen molar-refractivity contribution in [1.82, 2.24) is 19.8 Å². The van der Waals surface area contributed by atoms with Gasteiger partial charge in [0.25, 0.3) is 0 Å². The second-order valence-corrected chi connectivity index (χ2v) is 6.64. The molecule has 0 aliphatic carbocycles. The van der Waals surface area contributed by atoms with Crippen molar-refractivity contribution >= 4 is 29.9 Å². The third-order valence-corrected chi connectivity index (χ3v) is 4.59. The van der Waals surface area contributed by atoms with E-state index in [9.17, 15) is 0 Å². The van der Waals surface area contributed by atoms with E-state index in [0.717, 1.165) is 61.3 Å². The lowest BCUT2D eigenvalue weighted by atomic mass is 10.2. The minimum Gasteiger partial charge on any atom is -0.497 e. The van der Waals surface area contributed by atoms with E-state index >= 15 is 0 Å². The Morgan fingerprint density at radius 2 is 2.03 bits per heavy atom. The monoisotopic (exact) mass is 515 g/mol. The summed E-state index contributed by atoms with van der Waals surface area (Å²) < 4.78 is 13.0. The van der Waals surface area contributed by atoms with Gasteiger partial charge in [-0.15, -0.1) is 24.0 Å². The van der Waals surface area contributed by atoms with Gasteiger partial charge in [-0.3, -0.25) is 4.99 Å². The largest absolute Gasteiger partial charge is 0.497 e.